The number of benzene rings is 1. The predicted octanol–water partition coefficient (Wildman–Crippen LogP) is 5.47. The normalized spacial score (nSPS) is 29.5. The molecule has 4 rings (SSSR count). The molecular formula is C25H32F2N2O4. The standard InChI is InChI=1S/C25H32F2N2O4/c1-25(2,3)33-24(30)29-16-4-5-17(29)13-20(12-16)31-18-6-8-19(9-7-18)32-23-21(26)10-15(14-28)11-22(23)27/h10-11,16-20H,4-9,12-13H2,1-3H3. The van der Waals surface area contributed by atoms with Crippen molar-refractivity contribution in [1.29, 1.82) is 5.26 Å². The summed E-state index contributed by atoms with van der Waals surface area (Å²) in [5.74, 6) is -2.11. The topological polar surface area (TPSA) is 71.8 Å². The molecule has 6 nitrogen and oxygen atoms in total. The highest BCUT2D eigenvalue weighted by Gasteiger charge is 2.45. The molecule has 1 amide bonds. The van der Waals surface area contributed by atoms with Gasteiger partial charge in [0.15, 0.2) is 17.4 Å². The van der Waals surface area contributed by atoms with E-state index in [2.05, 4.69) is 0 Å². The van der Waals surface area contributed by atoms with E-state index in [0.29, 0.717) is 12.8 Å². The molecule has 0 radical (unpaired) electrons. The smallest absolute Gasteiger partial charge is 0.410 e. The number of rotatable bonds is 4. The molecule has 2 atom stereocenters. The molecule has 1 aliphatic carbocycles. The quantitative estimate of drug-likeness (QED) is 0.593. The number of halogens is 2. The highest BCUT2D eigenvalue weighted by molar-refractivity contribution is 5.69. The number of carbonyl (C=O) groups is 1. The predicted molar refractivity (Wildman–Crippen MR) is 117 cm³/mol. The van der Waals surface area contributed by atoms with E-state index in [1.54, 1.807) is 6.07 Å². The Morgan fingerprint density at radius 2 is 1.52 bits per heavy atom. The molecule has 2 heterocycles. The van der Waals surface area contributed by atoms with Gasteiger partial charge in [-0.25, -0.2) is 13.6 Å². The van der Waals surface area contributed by atoms with Crippen molar-refractivity contribution >= 4 is 6.09 Å². The second-order valence-corrected chi connectivity index (χ2v) is 10.4. The minimum Gasteiger partial charge on any atom is -0.484 e. The van der Waals surface area contributed by atoms with Crippen molar-refractivity contribution in [2.75, 3.05) is 0 Å². The van der Waals surface area contributed by atoms with Crippen LogP contribution in [0.15, 0.2) is 12.1 Å². The van der Waals surface area contributed by atoms with Gasteiger partial charge in [0.25, 0.3) is 0 Å². The number of ether oxygens (including phenoxy) is 3. The number of carbonyl (C=O) groups excluding carboxylic acids is 1. The third-order valence-electron chi connectivity index (χ3n) is 6.71. The summed E-state index contributed by atoms with van der Waals surface area (Å²) >= 11 is 0. The molecule has 2 aliphatic heterocycles. The molecule has 1 aromatic carbocycles. The summed E-state index contributed by atoms with van der Waals surface area (Å²) < 4.78 is 45.8. The fourth-order valence-corrected chi connectivity index (χ4v) is 5.31. The molecule has 2 unspecified atom stereocenters. The molecule has 180 valence electrons. The van der Waals surface area contributed by atoms with Crippen LogP contribution in [-0.4, -0.2) is 47.0 Å². The maximum atomic E-state index is 14.1. The van der Waals surface area contributed by atoms with Gasteiger partial charge in [-0.1, -0.05) is 0 Å². The van der Waals surface area contributed by atoms with Crippen molar-refractivity contribution in [3.63, 3.8) is 0 Å². The summed E-state index contributed by atoms with van der Waals surface area (Å²) in [5, 5.41) is 8.82. The van der Waals surface area contributed by atoms with E-state index in [1.165, 1.54) is 0 Å². The van der Waals surface area contributed by atoms with Gasteiger partial charge in [0.2, 0.25) is 0 Å². The Balaban J connectivity index is 1.26. The maximum absolute atomic E-state index is 14.1. The average molecular weight is 463 g/mol. The fraction of sp³-hybridized carbons (Fsp3) is 0.680. The molecule has 2 bridgehead atoms. The van der Waals surface area contributed by atoms with Gasteiger partial charge in [-0.05, 0) is 84.3 Å². The second-order valence-electron chi connectivity index (χ2n) is 10.4. The molecular weight excluding hydrogens is 430 g/mol. The first-order valence-electron chi connectivity index (χ1n) is 11.9. The minimum atomic E-state index is -0.850. The number of hydrogen-bond acceptors (Lipinski definition) is 5. The highest BCUT2D eigenvalue weighted by Crippen LogP contribution is 2.39. The monoisotopic (exact) mass is 462 g/mol. The molecule has 33 heavy (non-hydrogen) atoms. The first-order valence-corrected chi connectivity index (χ1v) is 11.9. The molecule has 8 heteroatoms. The van der Waals surface area contributed by atoms with Crippen molar-refractivity contribution in [3.8, 4) is 11.8 Å². The van der Waals surface area contributed by atoms with E-state index in [-0.39, 0.29) is 42.1 Å². The van der Waals surface area contributed by atoms with Crippen molar-refractivity contribution in [2.45, 2.75) is 108 Å². The van der Waals surface area contributed by atoms with Gasteiger partial charge in [-0.3, -0.25) is 0 Å². The molecule has 2 saturated heterocycles. The Morgan fingerprint density at radius 1 is 0.970 bits per heavy atom. The zero-order chi connectivity index (χ0) is 23.8. The number of piperidine rings is 1. The van der Waals surface area contributed by atoms with Crippen LogP contribution in [0.5, 0.6) is 5.75 Å². The van der Waals surface area contributed by atoms with Gasteiger partial charge < -0.3 is 19.1 Å². The molecule has 1 saturated carbocycles. The van der Waals surface area contributed by atoms with Crippen LogP contribution in [0.25, 0.3) is 0 Å². The van der Waals surface area contributed by atoms with Crippen molar-refractivity contribution in [1.82, 2.24) is 4.90 Å². The Hall–Kier alpha value is -2.40. The number of hydrogen-bond donors (Lipinski definition) is 0. The molecule has 3 aliphatic rings. The van der Waals surface area contributed by atoms with Gasteiger partial charge >= 0.3 is 6.09 Å². The lowest BCUT2D eigenvalue weighted by Gasteiger charge is -2.41. The van der Waals surface area contributed by atoms with Crippen LogP contribution in [0.2, 0.25) is 0 Å². The largest absolute Gasteiger partial charge is 0.484 e. The van der Waals surface area contributed by atoms with Crippen LogP contribution in [0.3, 0.4) is 0 Å². The first-order chi connectivity index (χ1) is 15.6. The van der Waals surface area contributed by atoms with Crippen LogP contribution < -0.4 is 4.74 Å². The number of amides is 1. The molecule has 0 N–H and O–H groups in total. The Morgan fingerprint density at radius 3 is 2.03 bits per heavy atom. The summed E-state index contributed by atoms with van der Waals surface area (Å²) in [4.78, 5) is 14.5. The Kier molecular flexibility index (Phi) is 6.81. The highest BCUT2D eigenvalue weighted by atomic mass is 19.1. The van der Waals surface area contributed by atoms with Gasteiger partial charge in [0.1, 0.15) is 5.60 Å². The Bertz CT molecular complexity index is 881. The molecule has 0 aromatic heterocycles. The van der Waals surface area contributed by atoms with E-state index >= 15 is 0 Å². The second kappa shape index (κ2) is 9.46. The van der Waals surface area contributed by atoms with Crippen LogP contribution >= 0.6 is 0 Å². The lowest BCUT2D eigenvalue weighted by Crippen LogP contribution is -2.50. The summed E-state index contributed by atoms with van der Waals surface area (Å²) in [5.41, 5.74) is -0.574. The number of nitrogens with zero attached hydrogens (tertiary/aromatic N) is 2. The summed E-state index contributed by atoms with van der Waals surface area (Å²) in [6.45, 7) is 5.65. The van der Waals surface area contributed by atoms with Crippen molar-refractivity contribution in [2.24, 2.45) is 0 Å². The van der Waals surface area contributed by atoms with Crippen LogP contribution in [-0.2, 0) is 9.47 Å². The number of nitriles is 1. The zero-order valence-corrected chi connectivity index (χ0v) is 19.5. The van der Waals surface area contributed by atoms with E-state index in [0.717, 1.165) is 50.7 Å². The molecule has 3 fully saturated rings. The molecule has 1 aromatic rings. The van der Waals surface area contributed by atoms with Gasteiger partial charge in [0, 0.05) is 12.1 Å². The maximum Gasteiger partial charge on any atom is 0.410 e. The minimum absolute atomic E-state index is 0.0684. The van der Waals surface area contributed by atoms with E-state index < -0.39 is 23.0 Å². The SMILES string of the molecule is CC(C)(C)OC(=O)N1C2CCC1CC(OC1CCC(Oc3c(F)cc(C#N)cc3F)CC1)C2. The van der Waals surface area contributed by atoms with Gasteiger partial charge in [-0.15, -0.1) is 0 Å². The van der Waals surface area contributed by atoms with Gasteiger partial charge in [0.05, 0.1) is 29.9 Å². The first kappa shape index (κ1) is 23.7. The lowest BCUT2D eigenvalue weighted by molar-refractivity contribution is -0.0815. The average Bonchev–Trinajstić information content (AvgIpc) is 3.01. The van der Waals surface area contributed by atoms with Crippen molar-refractivity contribution in [3.05, 3.63) is 29.3 Å². The van der Waals surface area contributed by atoms with E-state index in [9.17, 15) is 13.6 Å². The van der Waals surface area contributed by atoms with Crippen LogP contribution in [0.1, 0.15) is 77.7 Å². The summed E-state index contributed by atoms with van der Waals surface area (Å²) in [7, 11) is 0. The summed E-state index contributed by atoms with van der Waals surface area (Å²) in [6, 6.07) is 4.03. The number of fused-ring (bicyclic) bond motifs is 2. The van der Waals surface area contributed by atoms with Gasteiger partial charge in [-0.2, -0.15) is 5.26 Å². The third-order valence-corrected chi connectivity index (χ3v) is 6.71. The van der Waals surface area contributed by atoms with E-state index in [4.69, 9.17) is 19.5 Å². The van der Waals surface area contributed by atoms with Crippen molar-refractivity contribution < 1.29 is 27.8 Å². The zero-order valence-electron chi connectivity index (χ0n) is 19.5. The Labute approximate surface area is 193 Å². The lowest BCUT2D eigenvalue weighted by atomic mass is 9.93. The summed E-state index contributed by atoms with van der Waals surface area (Å²) in [6.07, 6.45) is 6.06. The fourth-order valence-electron chi connectivity index (χ4n) is 5.31. The van der Waals surface area contributed by atoms with Crippen LogP contribution in [0.4, 0.5) is 13.6 Å². The van der Waals surface area contributed by atoms with Crippen LogP contribution in [0, 0.1) is 23.0 Å². The molecule has 0 spiro atoms. The van der Waals surface area contributed by atoms with E-state index in [1.807, 2.05) is 25.7 Å². The third kappa shape index (κ3) is 5.57.